The number of carbonyl (C=O) groups excluding carboxylic acids is 2. The second-order valence-corrected chi connectivity index (χ2v) is 3.66. The maximum Gasteiger partial charge on any atom is 0.330 e. The fraction of sp³-hybridized carbons (Fsp3) is 0.600. The van der Waals surface area contributed by atoms with E-state index in [1.54, 1.807) is 6.08 Å². The molecule has 0 aliphatic carbocycles. The number of methoxy groups -OCH3 is 1. The molecule has 0 heterocycles. The standard InChI is InChI=1S/C10H16O3/c1-10(2,7-8-11)6-4-5-9(12)13-3/h4-5,8H,6-7H2,1-3H3. The van der Waals surface area contributed by atoms with Crippen LogP contribution in [0.15, 0.2) is 12.2 Å². The Morgan fingerprint density at radius 1 is 1.38 bits per heavy atom. The van der Waals surface area contributed by atoms with Crippen LogP contribution in [0.1, 0.15) is 26.7 Å². The molecule has 0 amide bonds. The van der Waals surface area contributed by atoms with Gasteiger partial charge in [-0.1, -0.05) is 19.9 Å². The van der Waals surface area contributed by atoms with Crippen molar-refractivity contribution in [1.82, 2.24) is 0 Å². The Morgan fingerprint density at radius 3 is 2.46 bits per heavy atom. The number of hydrogen-bond acceptors (Lipinski definition) is 3. The van der Waals surface area contributed by atoms with Crippen molar-refractivity contribution in [2.24, 2.45) is 5.41 Å². The first kappa shape index (κ1) is 11.9. The fourth-order valence-corrected chi connectivity index (χ4v) is 0.851. The molecule has 0 radical (unpaired) electrons. The van der Waals surface area contributed by atoms with Gasteiger partial charge in [-0.2, -0.15) is 0 Å². The van der Waals surface area contributed by atoms with Crippen LogP contribution in [0.4, 0.5) is 0 Å². The smallest absolute Gasteiger partial charge is 0.330 e. The lowest BCUT2D eigenvalue weighted by Crippen LogP contribution is -2.10. The highest BCUT2D eigenvalue weighted by Crippen LogP contribution is 2.23. The Kier molecular flexibility index (Phi) is 5.04. The zero-order chi connectivity index (χ0) is 10.3. The van der Waals surface area contributed by atoms with Crippen LogP contribution in [0.3, 0.4) is 0 Å². The van der Waals surface area contributed by atoms with E-state index >= 15 is 0 Å². The fourth-order valence-electron chi connectivity index (χ4n) is 0.851. The van der Waals surface area contributed by atoms with Crippen molar-refractivity contribution < 1.29 is 14.3 Å². The second kappa shape index (κ2) is 5.51. The molecule has 0 aliphatic rings. The Balaban J connectivity index is 3.92. The molecule has 0 rings (SSSR count). The van der Waals surface area contributed by atoms with Gasteiger partial charge in [-0.3, -0.25) is 0 Å². The van der Waals surface area contributed by atoms with Crippen molar-refractivity contribution in [2.75, 3.05) is 7.11 Å². The summed E-state index contributed by atoms with van der Waals surface area (Å²) >= 11 is 0. The summed E-state index contributed by atoms with van der Waals surface area (Å²) in [5, 5.41) is 0. The molecule has 3 heteroatoms. The minimum Gasteiger partial charge on any atom is -0.466 e. The average Bonchev–Trinajstić information content (AvgIpc) is 2.03. The van der Waals surface area contributed by atoms with E-state index in [1.165, 1.54) is 13.2 Å². The predicted molar refractivity (Wildman–Crippen MR) is 50.2 cm³/mol. The van der Waals surface area contributed by atoms with Crippen LogP contribution in [-0.2, 0) is 14.3 Å². The molecule has 0 unspecified atom stereocenters. The molecule has 13 heavy (non-hydrogen) atoms. The van der Waals surface area contributed by atoms with E-state index in [2.05, 4.69) is 4.74 Å². The van der Waals surface area contributed by atoms with Gasteiger partial charge in [0.1, 0.15) is 6.29 Å². The van der Waals surface area contributed by atoms with Crippen LogP contribution < -0.4 is 0 Å². The SMILES string of the molecule is COC(=O)C=CCC(C)(C)CC=O. The molecule has 0 fully saturated rings. The van der Waals surface area contributed by atoms with Crippen molar-refractivity contribution in [1.29, 1.82) is 0 Å². The van der Waals surface area contributed by atoms with E-state index < -0.39 is 0 Å². The van der Waals surface area contributed by atoms with E-state index in [4.69, 9.17) is 0 Å². The molecule has 0 aromatic rings. The quantitative estimate of drug-likeness (QED) is 0.371. The number of carbonyl (C=O) groups is 2. The highest BCUT2D eigenvalue weighted by molar-refractivity contribution is 5.81. The number of rotatable bonds is 5. The van der Waals surface area contributed by atoms with Crippen molar-refractivity contribution >= 4 is 12.3 Å². The van der Waals surface area contributed by atoms with Crippen LogP contribution in [-0.4, -0.2) is 19.4 Å². The van der Waals surface area contributed by atoms with Gasteiger partial charge in [0.15, 0.2) is 0 Å². The van der Waals surface area contributed by atoms with Crippen molar-refractivity contribution in [3.8, 4) is 0 Å². The molecule has 0 spiro atoms. The zero-order valence-electron chi connectivity index (χ0n) is 8.37. The molecular formula is C10H16O3. The first-order valence-electron chi connectivity index (χ1n) is 4.20. The topological polar surface area (TPSA) is 43.4 Å². The molecule has 0 N–H and O–H groups in total. The first-order chi connectivity index (χ1) is 6.02. The second-order valence-electron chi connectivity index (χ2n) is 3.66. The Labute approximate surface area is 78.8 Å². The molecular weight excluding hydrogens is 168 g/mol. The monoisotopic (exact) mass is 184 g/mol. The molecule has 0 atom stereocenters. The van der Waals surface area contributed by atoms with Crippen LogP contribution in [0, 0.1) is 5.41 Å². The molecule has 0 saturated heterocycles. The van der Waals surface area contributed by atoms with E-state index in [0.717, 1.165) is 6.29 Å². The summed E-state index contributed by atoms with van der Waals surface area (Å²) in [6.07, 6.45) is 5.20. The highest BCUT2D eigenvalue weighted by Gasteiger charge is 2.14. The van der Waals surface area contributed by atoms with Crippen LogP contribution in [0.2, 0.25) is 0 Å². The summed E-state index contributed by atoms with van der Waals surface area (Å²) in [5.41, 5.74) is -0.0771. The molecule has 74 valence electrons. The summed E-state index contributed by atoms with van der Waals surface area (Å²) in [7, 11) is 1.34. The summed E-state index contributed by atoms with van der Waals surface area (Å²) in [6.45, 7) is 3.95. The van der Waals surface area contributed by atoms with Gasteiger partial charge in [-0.05, 0) is 11.8 Å². The number of esters is 1. The normalized spacial score (nSPS) is 11.6. The lowest BCUT2D eigenvalue weighted by molar-refractivity contribution is -0.134. The van der Waals surface area contributed by atoms with Gasteiger partial charge < -0.3 is 9.53 Å². The average molecular weight is 184 g/mol. The summed E-state index contributed by atoms with van der Waals surface area (Å²) in [4.78, 5) is 20.9. The summed E-state index contributed by atoms with van der Waals surface area (Å²) in [5.74, 6) is -0.359. The Hall–Kier alpha value is -1.12. The van der Waals surface area contributed by atoms with E-state index in [0.29, 0.717) is 12.8 Å². The van der Waals surface area contributed by atoms with Gasteiger partial charge in [0.25, 0.3) is 0 Å². The third-order valence-electron chi connectivity index (χ3n) is 1.76. The number of allylic oxidation sites excluding steroid dienone is 1. The van der Waals surface area contributed by atoms with Crippen LogP contribution in [0.25, 0.3) is 0 Å². The molecule has 0 bridgehead atoms. The number of ether oxygens (including phenoxy) is 1. The lowest BCUT2D eigenvalue weighted by Gasteiger charge is -2.18. The third-order valence-corrected chi connectivity index (χ3v) is 1.76. The van der Waals surface area contributed by atoms with Crippen molar-refractivity contribution in [3.63, 3.8) is 0 Å². The molecule has 0 aromatic carbocycles. The van der Waals surface area contributed by atoms with Crippen molar-refractivity contribution in [3.05, 3.63) is 12.2 Å². The number of aldehydes is 1. The van der Waals surface area contributed by atoms with E-state index in [-0.39, 0.29) is 11.4 Å². The van der Waals surface area contributed by atoms with Crippen LogP contribution >= 0.6 is 0 Å². The van der Waals surface area contributed by atoms with Gasteiger partial charge in [-0.25, -0.2) is 4.79 Å². The van der Waals surface area contributed by atoms with Crippen molar-refractivity contribution in [2.45, 2.75) is 26.7 Å². The molecule has 0 aliphatic heterocycles. The van der Waals surface area contributed by atoms with Gasteiger partial charge in [-0.15, -0.1) is 0 Å². The lowest BCUT2D eigenvalue weighted by atomic mass is 9.86. The first-order valence-corrected chi connectivity index (χ1v) is 4.20. The van der Waals surface area contributed by atoms with E-state index in [1.807, 2.05) is 13.8 Å². The summed E-state index contributed by atoms with van der Waals surface area (Å²) < 4.78 is 4.43. The predicted octanol–water partition coefficient (Wildman–Crippen LogP) is 1.72. The summed E-state index contributed by atoms with van der Waals surface area (Å²) in [6, 6.07) is 0. The highest BCUT2D eigenvalue weighted by atomic mass is 16.5. The Bertz CT molecular complexity index is 204. The maximum atomic E-state index is 10.7. The molecule has 0 aromatic heterocycles. The third kappa shape index (κ3) is 6.08. The molecule has 0 saturated carbocycles. The minimum atomic E-state index is -0.359. The van der Waals surface area contributed by atoms with Gasteiger partial charge in [0.05, 0.1) is 7.11 Å². The van der Waals surface area contributed by atoms with Gasteiger partial charge in [0.2, 0.25) is 0 Å². The van der Waals surface area contributed by atoms with E-state index in [9.17, 15) is 9.59 Å². The zero-order valence-corrected chi connectivity index (χ0v) is 8.37. The molecule has 3 nitrogen and oxygen atoms in total. The van der Waals surface area contributed by atoms with Gasteiger partial charge >= 0.3 is 5.97 Å². The largest absolute Gasteiger partial charge is 0.466 e. The maximum absolute atomic E-state index is 10.7. The number of hydrogen-bond donors (Lipinski definition) is 0. The van der Waals surface area contributed by atoms with Crippen LogP contribution in [0.5, 0.6) is 0 Å². The van der Waals surface area contributed by atoms with Gasteiger partial charge in [0, 0.05) is 12.5 Å². The minimum absolute atomic E-state index is 0.0771. The Morgan fingerprint density at radius 2 is 2.00 bits per heavy atom.